The predicted molar refractivity (Wildman–Crippen MR) is 37.8 cm³/mol. The number of nitrogens with zero attached hydrogens (tertiary/aromatic N) is 1. The molecule has 0 unspecified atom stereocenters. The summed E-state index contributed by atoms with van der Waals surface area (Å²) in [7, 11) is 0. The van der Waals surface area contributed by atoms with E-state index in [2.05, 4.69) is 11.4 Å². The topological polar surface area (TPSA) is 22.1 Å². The van der Waals surface area contributed by atoms with Crippen LogP contribution in [0.1, 0.15) is 12.0 Å². The predicted octanol–water partition coefficient (Wildman–Crippen LogP) is 1.42. The van der Waals surface area contributed by atoms with Crippen LogP contribution in [0.4, 0.5) is 0 Å². The van der Waals surface area contributed by atoms with E-state index < -0.39 is 0 Å². The molecule has 1 aliphatic heterocycles. The Morgan fingerprint density at radius 3 is 3.40 bits per heavy atom. The molecule has 1 aromatic rings. The first-order chi connectivity index (χ1) is 4.97. The summed E-state index contributed by atoms with van der Waals surface area (Å²) < 4.78 is 5.35. The van der Waals surface area contributed by atoms with Gasteiger partial charge in [-0.15, -0.1) is 0 Å². The zero-order chi connectivity index (χ0) is 6.81. The molecule has 1 radical (unpaired) electrons. The fourth-order valence-electron chi connectivity index (χ4n) is 1.06. The highest BCUT2D eigenvalue weighted by Gasteiger charge is 2.08. The largest absolute Gasteiger partial charge is 0.493 e. The SMILES string of the molecule is [CH]1CCOc2ccncc21. The van der Waals surface area contributed by atoms with Crippen molar-refractivity contribution >= 4 is 0 Å². The van der Waals surface area contributed by atoms with Gasteiger partial charge in [0.1, 0.15) is 5.75 Å². The first kappa shape index (κ1) is 5.71. The smallest absolute Gasteiger partial charge is 0.125 e. The molecule has 51 valence electrons. The highest BCUT2D eigenvalue weighted by molar-refractivity contribution is 5.37. The molecule has 0 bridgehead atoms. The molecule has 1 aromatic heterocycles. The van der Waals surface area contributed by atoms with Crippen molar-refractivity contribution in [2.75, 3.05) is 6.61 Å². The van der Waals surface area contributed by atoms with Crippen LogP contribution >= 0.6 is 0 Å². The summed E-state index contributed by atoms with van der Waals surface area (Å²) in [6.45, 7) is 0.803. The van der Waals surface area contributed by atoms with Gasteiger partial charge in [-0.2, -0.15) is 0 Å². The molecule has 2 heterocycles. The van der Waals surface area contributed by atoms with E-state index in [4.69, 9.17) is 4.74 Å². The molecule has 0 spiro atoms. The van der Waals surface area contributed by atoms with Crippen LogP contribution in [0.3, 0.4) is 0 Å². The monoisotopic (exact) mass is 134 g/mol. The molecule has 0 aromatic carbocycles. The Balaban J connectivity index is 2.41. The summed E-state index contributed by atoms with van der Waals surface area (Å²) in [5, 5.41) is 0. The average molecular weight is 134 g/mol. The van der Waals surface area contributed by atoms with Crippen LogP contribution in [0.15, 0.2) is 18.5 Å². The maximum Gasteiger partial charge on any atom is 0.125 e. The van der Waals surface area contributed by atoms with Gasteiger partial charge in [0, 0.05) is 18.0 Å². The van der Waals surface area contributed by atoms with E-state index in [1.54, 1.807) is 6.20 Å². The first-order valence-corrected chi connectivity index (χ1v) is 3.37. The quantitative estimate of drug-likeness (QED) is 0.535. The normalized spacial score (nSPS) is 15.6. The molecular formula is C8H8NO. The molecule has 2 nitrogen and oxygen atoms in total. The Bertz CT molecular complexity index is 209. The number of pyridine rings is 1. The van der Waals surface area contributed by atoms with E-state index in [9.17, 15) is 0 Å². The maximum atomic E-state index is 5.35. The van der Waals surface area contributed by atoms with Crippen molar-refractivity contribution in [3.05, 3.63) is 30.4 Å². The summed E-state index contributed by atoms with van der Waals surface area (Å²) in [5.74, 6) is 0.959. The number of ether oxygens (including phenoxy) is 1. The third-order valence-corrected chi connectivity index (χ3v) is 1.55. The van der Waals surface area contributed by atoms with Crippen molar-refractivity contribution in [3.8, 4) is 5.75 Å². The van der Waals surface area contributed by atoms with Crippen molar-refractivity contribution in [2.24, 2.45) is 0 Å². The molecule has 0 N–H and O–H groups in total. The van der Waals surface area contributed by atoms with E-state index in [1.165, 1.54) is 0 Å². The first-order valence-electron chi connectivity index (χ1n) is 3.37. The molecule has 10 heavy (non-hydrogen) atoms. The minimum atomic E-state index is 0.803. The van der Waals surface area contributed by atoms with Crippen LogP contribution in [0, 0.1) is 6.42 Å². The van der Waals surface area contributed by atoms with Gasteiger partial charge in [0.2, 0.25) is 0 Å². The van der Waals surface area contributed by atoms with Crippen LogP contribution in [-0.4, -0.2) is 11.6 Å². The van der Waals surface area contributed by atoms with Gasteiger partial charge in [0.25, 0.3) is 0 Å². The Morgan fingerprint density at radius 1 is 1.50 bits per heavy atom. The lowest BCUT2D eigenvalue weighted by Gasteiger charge is -2.14. The Morgan fingerprint density at radius 2 is 2.50 bits per heavy atom. The van der Waals surface area contributed by atoms with Gasteiger partial charge in [0.05, 0.1) is 6.61 Å². The van der Waals surface area contributed by atoms with Gasteiger partial charge in [-0.3, -0.25) is 4.98 Å². The van der Waals surface area contributed by atoms with Gasteiger partial charge >= 0.3 is 0 Å². The number of hydrogen-bond acceptors (Lipinski definition) is 2. The minimum Gasteiger partial charge on any atom is -0.493 e. The van der Waals surface area contributed by atoms with Crippen LogP contribution in [-0.2, 0) is 0 Å². The zero-order valence-corrected chi connectivity index (χ0v) is 5.58. The highest BCUT2D eigenvalue weighted by Crippen LogP contribution is 2.23. The van der Waals surface area contributed by atoms with Crippen LogP contribution in [0.5, 0.6) is 5.75 Å². The van der Waals surface area contributed by atoms with E-state index in [0.29, 0.717) is 0 Å². The average Bonchev–Trinajstić information content (AvgIpc) is 2.05. The van der Waals surface area contributed by atoms with Crippen molar-refractivity contribution in [1.82, 2.24) is 4.98 Å². The number of fused-ring (bicyclic) bond motifs is 1. The molecule has 0 aliphatic carbocycles. The van der Waals surface area contributed by atoms with E-state index in [-0.39, 0.29) is 0 Å². The van der Waals surface area contributed by atoms with Crippen LogP contribution < -0.4 is 4.74 Å². The lowest BCUT2D eigenvalue weighted by Crippen LogP contribution is -2.06. The van der Waals surface area contributed by atoms with Gasteiger partial charge in [-0.25, -0.2) is 0 Å². The van der Waals surface area contributed by atoms with E-state index in [0.717, 1.165) is 24.3 Å². The molecule has 0 saturated heterocycles. The standard InChI is InChI=1S/C8H8NO/c1-2-7-6-9-4-3-8(7)10-5-1/h2-4,6H,1,5H2. The lowest BCUT2D eigenvalue weighted by molar-refractivity contribution is 0.306. The molecule has 0 saturated carbocycles. The van der Waals surface area contributed by atoms with E-state index >= 15 is 0 Å². The van der Waals surface area contributed by atoms with Crippen LogP contribution in [0.25, 0.3) is 0 Å². The number of rotatable bonds is 0. The Kier molecular flexibility index (Phi) is 1.31. The number of aromatic nitrogens is 1. The third-order valence-electron chi connectivity index (χ3n) is 1.55. The molecule has 1 aliphatic rings. The molecule has 2 heteroatoms. The Labute approximate surface area is 59.9 Å². The van der Waals surface area contributed by atoms with Crippen LogP contribution in [0.2, 0.25) is 0 Å². The summed E-state index contributed by atoms with van der Waals surface area (Å²) >= 11 is 0. The Hall–Kier alpha value is -1.05. The molecule has 0 fully saturated rings. The third kappa shape index (κ3) is 0.856. The lowest BCUT2D eigenvalue weighted by atomic mass is 10.1. The molecule has 0 atom stereocenters. The second kappa shape index (κ2) is 2.29. The van der Waals surface area contributed by atoms with Crippen molar-refractivity contribution in [2.45, 2.75) is 6.42 Å². The van der Waals surface area contributed by atoms with Crippen molar-refractivity contribution in [1.29, 1.82) is 0 Å². The van der Waals surface area contributed by atoms with Gasteiger partial charge < -0.3 is 4.74 Å². The molecule has 0 amide bonds. The molecule has 2 rings (SSSR count). The van der Waals surface area contributed by atoms with E-state index in [1.807, 2.05) is 12.3 Å². The zero-order valence-electron chi connectivity index (χ0n) is 5.58. The summed E-state index contributed by atoms with van der Waals surface area (Å²) in [6.07, 6.45) is 6.72. The molecular weight excluding hydrogens is 126 g/mol. The van der Waals surface area contributed by atoms with Gasteiger partial charge in [-0.1, -0.05) is 0 Å². The summed E-state index contributed by atoms with van der Waals surface area (Å²) in [4.78, 5) is 3.99. The van der Waals surface area contributed by atoms with Gasteiger partial charge in [0.15, 0.2) is 0 Å². The van der Waals surface area contributed by atoms with Gasteiger partial charge in [-0.05, 0) is 18.9 Å². The fourth-order valence-corrected chi connectivity index (χ4v) is 1.06. The summed E-state index contributed by atoms with van der Waals surface area (Å²) in [6, 6.07) is 1.89. The number of hydrogen-bond donors (Lipinski definition) is 0. The second-order valence-electron chi connectivity index (χ2n) is 2.25. The second-order valence-corrected chi connectivity index (χ2v) is 2.25. The van der Waals surface area contributed by atoms with Crippen molar-refractivity contribution < 1.29 is 4.74 Å². The highest BCUT2D eigenvalue weighted by atomic mass is 16.5. The van der Waals surface area contributed by atoms with Crippen molar-refractivity contribution in [3.63, 3.8) is 0 Å². The minimum absolute atomic E-state index is 0.803. The summed E-state index contributed by atoms with van der Waals surface area (Å²) in [5.41, 5.74) is 1.12. The fraction of sp³-hybridized carbons (Fsp3) is 0.250. The maximum absolute atomic E-state index is 5.35.